The molecule has 0 unspecified atom stereocenters. The molecule has 3 atom stereocenters. The molecule has 3 amide bonds. The molecule has 0 saturated carbocycles. The van der Waals surface area contributed by atoms with Gasteiger partial charge in [0.15, 0.2) is 11.3 Å². The Labute approximate surface area is 676 Å². The molecule has 16 rings (SSSR count). The molecule has 16 aromatic rings. The third-order valence-corrected chi connectivity index (χ3v) is 20.0. The maximum Gasteiger partial charge on any atom is 0.335 e. The van der Waals surface area contributed by atoms with Crippen LogP contribution in [0.1, 0.15) is 115 Å². The molecule has 4 N–H and O–H groups in total. The summed E-state index contributed by atoms with van der Waals surface area (Å²) < 4.78 is 41.1. The number of hydrogen-bond acceptors (Lipinski definition) is 19. The number of carbonyl (C=O) groups excluding carboxylic acids is 3. The second kappa shape index (κ2) is 35.9. The van der Waals surface area contributed by atoms with Crippen LogP contribution in [0, 0.1) is 34.6 Å². The Kier molecular flexibility index (Phi) is 25.3. The average Bonchev–Trinajstić information content (AvgIpc) is 1.56. The lowest BCUT2D eigenvalue weighted by Gasteiger charge is -2.21. The number of phenols is 1. The largest absolute Gasteiger partial charge is 0.507 e. The molecule has 31 heteroatoms. The number of pyridine rings is 3. The fourth-order valence-corrected chi connectivity index (χ4v) is 14.5. The fraction of sp³-hybridized carbons (Fsp3) is 0.131. The van der Waals surface area contributed by atoms with Crippen molar-refractivity contribution in [2.45, 2.75) is 73.5 Å². The van der Waals surface area contributed by atoms with Gasteiger partial charge in [0, 0.05) is 63.7 Å². The molecule has 0 radical (unpaired) electrons. The summed E-state index contributed by atoms with van der Waals surface area (Å²) in [5, 5.41) is 35.0. The van der Waals surface area contributed by atoms with Gasteiger partial charge in [0.2, 0.25) is 0 Å². The molecule has 578 valence electrons. The van der Waals surface area contributed by atoms with E-state index >= 15 is 0 Å². The predicted octanol–water partition coefficient (Wildman–Crippen LogP) is 14.3. The van der Waals surface area contributed by atoms with E-state index in [1.807, 2.05) is 198 Å². The number of fused-ring (bicyclic) bond motifs is 5. The number of aromatic nitrogens is 12. The topological polar surface area (TPSA) is 341 Å². The maximum absolute atomic E-state index is 13.8. The highest BCUT2D eigenvalue weighted by Crippen LogP contribution is 2.32. The van der Waals surface area contributed by atoms with E-state index in [-0.39, 0.29) is 51.2 Å². The molecule has 9 aromatic heterocycles. The molecular formula is C84H69Cl2N15O11S3. The number of nitrogens with zero attached hydrogens (tertiary/aromatic N) is 12. The number of para-hydroxylation sites is 3. The number of hydrogen-bond donors (Lipinski definition) is 4. The highest BCUT2D eigenvalue weighted by atomic mass is 35.5. The number of halogens is 2. The van der Waals surface area contributed by atoms with E-state index in [2.05, 4.69) is 52.2 Å². The Morgan fingerprint density at radius 1 is 0.452 bits per heavy atom. The van der Waals surface area contributed by atoms with Crippen molar-refractivity contribution in [1.82, 2.24) is 73.8 Å². The summed E-state index contributed by atoms with van der Waals surface area (Å²) in [6, 6.07) is 59.1. The Hall–Kier alpha value is -13.5. The SMILES string of the molecule is Cc1cccc(-c2ccn3nc(C)c(C(=O)N[C@@H](C)c4cc5cccc(Cl)c5c(=O)n4-c4ccccc4)c3n2)c1.Cc1nc(-c2cnc(C)c(C(=O)N[C@@H](C)c3cc4cccc(Cl)c4c(=O)n3-c3ccccc3)n2)cs1.Cc1nn2cccnc2c1C(=O)N[C@@H](C)c1cc2cccc(O)c2c(=O)n1-c1ccccc1.O=S=O.O=S=O. The van der Waals surface area contributed by atoms with Crippen LogP contribution in [0.25, 0.3) is 83.3 Å². The zero-order valence-electron chi connectivity index (χ0n) is 62.5. The molecule has 9 heterocycles. The van der Waals surface area contributed by atoms with E-state index in [1.165, 1.54) is 22.0 Å². The van der Waals surface area contributed by atoms with Gasteiger partial charge in [-0.3, -0.25) is 47.5 Å². The minimum absolute atomic E-state index is 0.0847. The van der Waals surface area contributed by atoms with Crippen molar-refractivity contribution in [3.63, 3.8) is 0 Å². The van der Waals surface area contributed by atoms with Gasteiger partial charge in [-0.2, -0.15) is 27.0 Å². The molecule has 115 heavy (non-hydrogen) atoms. The van der Waals surface area contributed by atoms with Crippen LogP contribution in [0.3, 0.4) is 0 Å². The first-order valence-electron chi connectivity index (χ1n) is 35.4. The summed E-state index contributed by atoms with van der Waals surface area (Å²) in [6.07, 6.45) is 6.77. The van der Waals surface area contributed by atoms with Crippen molar-refractivity contribution in [2.24, 2.45) is 0 Å². The Balaban J connectivity index is 0.000000154. The van der Waals surface area contributed by atoms with Crippen molar-refractivity contribution in [3.8, 4) is 45.5 Å². The van der Waals surface area contributed by atoms with Gasteiger partial charge in [-0.25, -0.2) is 29.0 Å². The van der Waals surface area contributed by atoms with Gasteiger partial charge < -0.3 is 21.1 Å². The van der Waals surface area contributed by atoms with Crippen molar-refractivity contribution < 1.29 is 36.3 Å². The Morgan fingerprint density at radius 2 is 0.896 bits per heavy atom. The van der Waals surface area contributed by atoms with Crippen molar-refractivity contribution in [1.29, 1.82) is 0 Å². The fourth-order valence-electron chi connectivity index (χ4n) is 13.4. The van der Waals surface area contributed by atoms with Gasteiger partial charge >= 0.3 is 23.1 Å². The van der Waals surface area contributed by atoms with Gasteiger partial charge in [-0.05, 0) is 163 Å². The summed E-state index contributed by atoms with van der Waals surface area (Å²) in [6.45, 7) is 14.7. The van der Waals surface area contributed by atoms with E-state index in [1.54, 1.807) is 93.9 Å². The number of phenolic OH excluding ortho intramolecular Hbond substituents is 1. The van der Waals surface area contributed by atoms with E-state index in [0.29, 0.717) is 122 Å². The molecule has 0 aliphatic carbocycles. The molecule has 0 aliphatic heterocycles. The standard InChI is InChI=1S/C32H26ClN5O2.C27H22ClN5O2S.C25H21N5O3.2O2S/c1-19-9-7-10-22(17-19)26-15-16-37-30(35-26)28(21(3)36-37)31(39)34-20(2)27-18-23-11-8-14-25(33)29(23)32(40)38(27)24-12-5-4-6-13-24;1-15(30-26(34)25-16(2)29-13-21(32-25)22-14-36-17(3)31-22)23-12-18-8-7-11-20(28)24(18)27(35)33(23)19-9-5-4-6-10-19;1-15(27-24(32)21-16(2)28-29-13-7-12-26-23(21)29)19-14-17-8-6-11-20(31)22(17)25(33)30(19)18-9-4-3-5-10-18;2*1-3-2/h4-18,20H,1-3H3,(H,34,39);4-15H,1-3H3,(H,30,34);3-15,31H,1-2H3,(H,27,32);;/t20-;2*15-;;/m000../s1. The van der Waals surface area contributed by atoms with Crippen LogP contribution in [0.15, 0.2) is 245 Å². The zero-order chi connectivity index (χ0) is 81.9. The second-order valence-electron chi connectivity index (χ2n) is 26.2. The van der Waals surface area contributed by atoms with Crippen LogP contribution in [-0.4, -0.2) is 97.5 Å². The highest BCUT2D eigenvalue weighted by molar-refractivity contribution is 7.52. The minimum atomic E-state index is -0.750. The van der Waals surface area contributed by atoms with Crippen LogP contribution in [0.5, 0.6) is 5.75 Å². The number of aromatic hydroxyl groups is 1. The summed E-state index contributed by atoms with van der Waals surface area (Å²) in [7, 11) is 0. The van der Waals surface area contributed by atoms with E-state index in [4.69, 9.17) is 45.0 Å². The first kappa shape index (κ1) is 81.1. The molecule has 0 fully saturated rings. The lowest BCUT2D eigenvalue weighted by molar-refractivity contribution is 0.0926. The summed E-state index contributed by atoms with van der Waals surface area (Å²) in [5.74, 6) is -1.14. The lowest BCUT2D eigenvalue weighted by atomic mass is 10.1. The van der Waals surface area contributed by atoms with Crippen LogP contribution in [0.2, 0.25) is 10.0 Å². The predicted molar refractivity (Wildman–Crippen MR) is 444 cm³/mol. The van der Waals surface area contributed by atoms with Gasteiger partial charge in [0.1, 0.15) is 34.0 Å². The van der Waals surface area contributed by atoms with Crippen LogP contribution in [0.4, 0.5) is 0 Å². The Bertz CT molecular complexity index is 6680. The third kappa shape index (κ3) is 17.5. The maximum atomic E-state index is 13.8. The molecule has 0 spiro atoms. The summed E-state index contributed by atoms with van der Waals surface area (Å²) in [4.78, 5) is 104. The van der Waals surface area contributed by atoms with E-state index in [0.717, 1.165) is 21.8 Å². The number of amides is 3. The van der Waals surface area contributed by atoms with Crippen LogP contribution >= 0.6 is 34.5 Å². The number of benzene rings is 7. The number of carbonyl (C=O) groups is 3. The quantitative estimate of drug-likeness (QED) is 0.0785. The van der Waals surface area contributed by atoms with Crippen molar-refractivity contribution >= 4 is 119 Å². The van der Waals surface area contributed by atoms with Gasteiger partial charge in [-0.1, -0.05) is 138 Å². The second-order valence-corrected chi connectivity index (χ2v) is 28.4. The molecule has 0 bridgehead atoms. The minimum Gasteiger partial charge on any atom is -0.507 e. The van der Waals surface area contributed by atoms with Crippen LogP contribution < -0.4 is 32.6 Å². The first-order valence-corrected chi connectivity index (χ1v) is 38.4. The number of aryl methyl sites for hydroxylation is 5. The van der Waals surface area contributed by atoms with Gasteiger partial charge in [0.25, 0.3) is 34.4 Å². The normalized spacial score (nSPS) is 11.7. The molecule has 0 saturated heterocycles. The average molecular weight is 1630 g/mol. The molecule has 0 aliphatic rings. The number of nitrogens with one attached hydrogen (secondary N) is 3. The first-order chi connectivity index (χ1) is 55.4. The number of rotatable bonds is 14. The van der Waals surface area contributed by atoms with Gasteiger partial charge in [0.05, 0.1) is 78.3 Å². The van der Waals surface area contributed by atoms with Crippen molar-refractivity contribution in [3.05, 3.63) is 333 Å². The molecular weight excluding hydrogens is 1560 g/mol. The van der Waals surface area contributed by atoms with Gasteiger partial charge in [-0.15, -0.1) is 11.3 Å². The Morgan fingerprint density at radius 3 is 1.37 bits per heavy atom. The number of thiazole rings is 1. The summed E-state index contributed by atoms with van der Waals surface area (Å²) >= 11 is 12.9. The molecule has 7 aromatic carbocycles. The van der Waals surface area contributed by atoms with Crippen molar-refractivity contribution in [2.75, 3.05) is 0 Å². The lowest BCUT2D eigenvalue weighted by Crippen LogP contribution is -2.33. The van der Waals surface area contributed by atoms with Crippen LogP contribution in [-0.2, 0) is 23.1 Å². The summed E-state index contributed by atoms with van der Waals surface area (Å²) in [5.41, 5.74) is 10.5. The monoisotopic (exact) mass is 1630 g/mol. The molecule has 26 nitrogen and oxygen atoms in total. The third-order valence-electron chi connectivity index (χ3n) is 18.6. The van der Waals surface area contributed by atoms with E-state index < -0.39 is 41.3 Å². The highest BCUT2D eigenvalue weighted by Gasteiger charge is 2.28. The smallest absolute Gasteiger partial charge is 0.335 e. The van der Waals surface area contributed by atoms with E-state index in [9.17, 15) is 33.9 Å². The zero-order valence-corrected chi connectivity index (χ0v) is 66.5.